The van der Waals surface area contributed by atoms with Crippen LogP contribution in [0.25, 0.3) is 0 Å². The molecule has 0 aromatic carbocycles. The van der Waals surface area contributed by atoms with E-state index in [9.17, 15) is 4.79 Å². The van der Waals surface area contributed by atoms with Crippen LogP contribution in [-0.2, 0) is 4.79 Å². The number of aliphatic imine (C=N–C) groups is 1. The minimum Gasteiger partial charge on any atom is -0.288 e. The standard InChI is InChI=1S/C10H14N4O/c1-7-9(15)12-10(14-13-7)11-8-5-3-2-4-6-8/h8H,1-6H2,(H,11,12,15). The zero-order valence-electron chi connectivity index (χ0n) is 8.57. The van der Waals surface area contributed by atoms with Gasteiger partial charge in [-0.05, 0) is 12.8 Å². The number of hydrogen-bond donors (Lipinski definition) is 1. The average molecular weight is 206 g/mol. The van der Waals surface area contributed by atoms with Gasteiger partial charge in [-0.15, -0.1) is 10.2 Å². The number of hydrogen-bond acceptors (Lipinski definition) is 3. The van der Waals surface area contributed by atoms with Crippen molar-refractivity contribution in [3.05, 3.63) is 12.3 Å². The highest BCUT2D eigenvalue weighted by Crippen LogP contribution is 2.20. The van der Waals surface area contributed by atoms with E-state index in [1.165, 1.54) is 19.3 Å². The van der Waals surface area contributed by atoms with E-state index < -0.39 is 0 Å². The summed E-state index contributed by atoms with van der Waals surface area (Å²) in [5.74, 6) is 0.0267. The van der Waals surface area contributed by atoms with Crippen LogP contribution in [0.3, 0.4) is 0 Å². The van der Waals surface area contributed by atoms with Crippen molar-refractivity contribution in [1.82, 2.24) is 5.32 Å². The van der Waals surface area contributed by atoms with Gasteiger partial charge in [0.2, 0.25) is 5.96 Å². The molecular formula is C10H14N4O. The van der Waals surface area contributed by atoms with Crippen molar-refractivity contribution in [2.45, 2.75) is 38.1 Å². The molecule has 15 heavy (non-hydrogen) atoms. The second-order valence-corrected chi connectivity index (χ2v) is 3.85. The Balaban J connectivity index is 2.04. The Bertz CT molecular complexity index is 339. The Morgan fingerprint density at radius 1 is 1.27 bits per heavy atom. The van der Waals surface area contributed by atoms with Crippen LogP contribution >= 0.6 is 0 Å². The second-order valence-electron chi connectivity index (χ2n) is 3.85. The highest BCUT2D eigenvalue weighted by molar-refractivity contribution is 6.06. The minimum atomic E-state index is -0.306. The zero-order chi connectivity index (χ0) is 10.7. The molecule has 1 heterocycles. The van der Waals surface area contributed by atoms with Gasteiger partial charge >= 0.3 is 0 Å². The molecular weight excluding hydrogens is 192 g/mol. The van der Waals surface area contributed by atoms with Crippen LogP contribution in [0.4, 0.5) is 0 Å². The lowest BCUT2D eigenvalue weighted by molar-refractivity contribution is -0.116. The fraction of sp³-hybridized carbons (Fsp3) is 0.600. The maximum absolute atomic E-state index is 11.2. The van der Waals surface area contributed by atoms with Gasteiger partial charge in [0.05, 0.1) is 6.04 Å². The van der Waals surface area contributed by atoms with E-state index in [2.05, 4.69) is 27.1 Å². The molecule has 0 atom stereocenters. The number of azo groups is 1. The smallest absolute Gasteiger partial charge is 0.277 e. The molecule has 5 nitrogen and oxygen atoms in total. The molecule has 0 aromatic rings. The number of carbonyl (C=O) groups is 1. The monoisotopic (exact) mass is 206 g/mol. The van der Waals surface area contributed by atoms with E-state index in [4.69, 9.17) is 0 Å². The largest absolute Gasteiger partial charge is 0.288 e. The SMILES string of the molecule is C=C1N=NC(=NC2CCCCC2)NC1=O. The summed E-state index contributed by atoms with van der Waals surface area (Å²) in [6, 6.07) is 0.291. The molecule has 1 fully saturated rings. The van der Waals surface area contributed by atoms with Crippen LogP contribution in [0.15, 0.2) is 27.5 Å². The lowest BCUT2D eigenvalue weighted by atomic mass is 9.96. The Labute approximate surface area is 88.4 Å². The van der Waals surface area contributed by atoms with Crippen molar-refractivity contribution in [3.63, 3.8) is 0 Å². The fourth-order valence-corrected chi connectivity index (χ4v) is 1.79. The minimum absolute atomic E-state index is 0.137. The summed E-state index contributed by atoms with van der Waals surface area (Å²) in [5, 5.41) is 10.0. The molecule has 0 saturated heterocycles. The van der Waals surface area contributed by atoms with Crippen LogP contribution < -0.4 is 5.32 Å². The predicted molar refractivity (Wildman–Crippen MR) is 56.4 cm³/mol. The van der Waals surface area contributed by atoms with Crippen LogP contribution in [0, 0.1) is 0 Å². The van der Waals surface area contributed by atoms with E-state index in [0.717, 1.165) is 12.8 Å². The number of nitrogens with zero attached hydrogens (tertiary/aromatic N) is 3. The molecule has 0 aromatic heterocycles. The van der Waals surface area contributed by atoms with Crippen molar-refractivity contribution in [1.29, 1.82) is 0 Å². The van der Waals surface area contributed by atoms with E-state index >= 15 is 0 Å². The first-order chi connectivity index (χ1) is 7.25. The molecule has 80 valence electrons. The number of amides is 1. The lowest BCUT2D eigenvalue weighted by Crippen LogP contribution is -2.33. The first-order valence-electron chi connectivity index (χ1n) is 5.25. The van der Waals surface area contributed by atoms with E-state index in [-0.39, 0.29) is 11.6 Å². The van der Waals surface area contributed by atoms with Gasteiger partial charge < -0.3 is 0 Å². The van der Waals surface area contributed by atoms with Crippen LogP contribution in [0.1, 0.15) is 32.1 Å². The van der Waals surface area contributed by atoms with Crippen molar-refractivity contribution < 1.29 is 4.79 Å². The normalized spacial score (nSPS) is 25.7. The molecule has 5 heteroatoms. The number of carbonyl (C=O) groups excluding carboxylic acids is 1. The third-order valence-corrected chi connectivity index (χ3v) is 2.63. The number of rotatable bonds is 1. The third-order valence-electron chi connectivity index (χ3n) is 2.63. The molecule has 1 aliphatic carbocycles. The summed E-state index contributed by atoms with van der Waals surface area (Å²) in [6.45, 7) is 3.45. The first kappa shape index (κ1) is 10.0. The van der Waals surface area contributed by atoms with Crippen molar-refractivity contribution in [3.8, 4) is 0 Å². The van der Waals surface area contributed by atoms with E-state index in [1.807, 2.05) is 0 Å². The van der Waals surface area contributed by atoms with Gasteiger partial charge in [-0.3, -0.25) is 10.1 Å². The Morgan fingerprint density at radius 2 is 2.00 bits per heavy atom. The van der Waals surface area contributed by atoms with Crippen molar-refractivity contribution in [2.75, 3.05) is 0 Å². The van der Waals surface area contributed by atoms with E-state index in [0.29, 0.717) is 12.0 Å². The van der Waals surface area contributed by atoms with Gasteiger partial charge in [0.25, 0.3) is 5.91 Å². The molecule has 1 N–H and O–H groups in total. The molecule has 2 aliphatic rings. The highest BCUT2D eigenvalue weighted by atomic mass is 16.2. The van der Waals surface area contributed by atoms with E-state index in [1.54, 1.807) is 0 Å². The maximum Gasteiger partial charge on any atom is 0.277 e. The quantitative estimate of drug-likeness (QED) is 0.653. The molecule has 1 aliphatic heterocycles. The summed E-state index contributed by atoms with van der Waals surface area (Å²) < 4.78 is 0. The molecule has 1 amide bonds. The van der Waals surface area contributed by atoms with Gasteiger partial charge in [-0.1, -0.05) is 25.8 Å². The summed E-state index contributed by atoms with van der Waals surface area (Å²) in [7, 11) is 0. The highest BCUT2D eigenvalue weighted by Gasteiger charge is 2.18. The summed E-state index contributed by atoms with van der Waals surface area (Å²) in [6.07, 6.45) is 5.86. The molecule has 2 rings (SSSR count). The Hall–Kier alpha value is -1.52. The van der Waals surface area contributed by atoms with Gasteiger partial charge in [0.1, 0.15) is 5.70 Å². The Morgan fingerprint density at radius 3 is 2.67 bits per heavy atom. The molecule has 0 spiro atoms. The number of nitrogens with one attached hydrogen (secondary N) is 1. The van der Waals surface area contributed by atoms with Crippen molar-refractivity contribution in [2.24, 2.45) is 15.2 Å². The second kappa shape index (κ2) is 4.33. The molecule has 1 saturated carbocycles. The molecule has 0 bridgehead atoms. The first-order valence-corrected chi connectivity index (χ1v) is 5.25. The summed E-state index contributed by atoms with van der Waals surface area (Å²) in [4.78, 5) is 15.6. The van der Waals surface area contributed by atoms with Gasteiger partial charge in [-0.2, -0.15) is 0 Å². The molecule has 0 radical (unpaired) electrons. The third kappa shape index (κ3) is 2.49. The average Bonchev–Trinajstić information content (AvgIpc) is 2.25. The van der Waals surface area contributed by atoms with Gasteiger partial charge in [-0.25, -0.2) is 4.99 Å². The summed E-state index contributed by atoms with van der Waals surface area (Å²) in [5.41, 5.74) is 0.137. The van der Waals surface area contributed by atoms with Crippen LogP contribution in [0.5, 0.6) is 0 Å². The topological polar surface area (TPSA) is 66.2 Å². The molecule has 0 unspecified atom stereocenters. The summed E-state index contributed by atoms with van der Waals surface area (Å²) >= 11 is 0. The maximum atomic E-state index is 11.2. The van der Waals surface area contributed by atoms with Crippen LogP contribution in [0.2, 0.25) is 0 Å². The van der Waals surface area contributed by atoms with Gasteiger partial charge in [0.15, 0.2) is 0 Å². The van der Waals surface area contributed by atoms with Crippen LogP contribution in [-0.4, -0.2) is 17.9 Å². The Kier molecular flexibility index (Phi) is 2.89. The van der Waals surface area contributed by atoms with Crippen molar-refractivity contribution >= 4 is 11.9 Å². The number of guanidine groups is 1. The lowest BCUT2D eigenvalue weighted by Gasteiger charge is -2.18. The van der Waals surface area contributed by atoms with Gasteiger partial charge in [0, 0.05) is 0 Å². The zero-order valence-corrected chi connectivity index (χ0v) is 8.57. The fourth-order valence-electron chi connectivity index (χ4n) is 1.79. The predicted octanol–water partition coefficient (Wildman–Crippen LogP) is 1.77.